The zero-order valence-corrected chi connectivity index (χ0v) is 11.2. The molecule has 1 aliphatic rings. The van der Waals surface area contributed by atoms with E-state index in [4.69, 9.17) is 11.6 Å². The highest BCUT2D eigenvalue weighted by molar-refractivity contribution is 6.35. The third-order valence-corrected chi connectivity index (χ3v) is 3.40. The molecule has 8 heteroatoms. The standard InChI is InChI=1S/C14H4ClF4NO2/c15-5-2-1-3-6(4-5)20-13(21)7-8(14(20)22)10(17)12(19)11(18)9(7)16/h1-4H. The van der Waals surface area contributed by atoms with Crippen molar-refractivity contribution in [3.05, 3.63) is 63.7 Å². The Kier molecular flexibility index (Phi) is 3.17. The van der Waals surface area contributed by atoms with Gasteiger partial charge in [-0.15, -0.1) is 0 Å². The van der Waals surface area contributed by atoms with E-state index in [1.165, 1.54) is 24.3 Å². The van der Waals surface area contributed by atoms with Crippen LogP contribution in [0.3, 0.4) is 0 Å². The van der Waals surface area contributed by atoms with E-state index in [2.05, 4.69) is 0 Å². The molecule has 2 aromatic carbocycles. The van der Waals surface area contributed by atoms with Gasteiger partial charge in [0, 0.05) is 5.02 Å². The van der Waals surface area contributed by atoms with E-state index in [-0.39, 0.29) is 10.7 Å². The van der Waals surface area contributed by atoms with Crippen LogP contribution in [-0.4, -0.2) is 11.8 Å². The largest absolute Gasteiger partial charge is 0.269 e. The summed E-state index contributed by atoms with van der Waals surface area (Å²) in [6.07, 6.45) is 0. The lowest BCUT2D eigenvalue weighted by Crippen LogP contribution is -2.29. The number of hydrogen-bond donors (Lipinski definition) is 0. The van der Waals surface area contributed by atoms with Gasteiger partial charge < -0.3 is 0 Å². The molecule has 0 aromatic heterocycles. The molecule has 0 bridgehead atoms. The monoisotopic (exact) mass is 329 g/mol. The summed E-state index contributed by atoms with van der Waals surface area (Å²) in [5.74, 6) is -10.7. The highest BCUT2D eigenvalue weighted by Crippen LogP contribution is 2.34. The van der Waals surface area contributed by atoms with Gasteiger partial charge in [-0.1, -0.05) is 17.7 Å². The van der Waals surface area contributed by atoms with Gasteiger partial charge >= 0.3 is 0 Å². The van der Waals surface area contributed by atoms with Crippen LogP contribution in [0.4, 0.5) is 23.2 Å². The van der Waals surface area contributed by atoms with Gasteiger partial charge in [0.2, 0.25) is 0 Å². The molecule has 0 unspecified atom stereocenters. The molecule has 3 rings (SSSR count). The average Bonchev–Trinajstić information content (AvgIpc) is 2.74. The number of anilines is 1. The van der Waals surface area contributed by atoms with Crippen molar-refractivity contribution >= 4 is 29.1 Å². The Balaban J connectivity index is 2.26. The first-order valence-electron chi connectivity index (χ1n) is 5.85. The second kappa shape index (κ2) is 4.81. The molecule has 1 aliphatic heterocycles. The number of amides is 2. The van der Waals surface area contributed by atoms with Gasteiger partial charge in [0.15, 0.2) is 23.3 Å². The van der Waals surface area contributed by atoms with Gasteiger partial charge in [0.25, 0.3) is 11.8 Å². The molecule has 1 heterocycles. The first kappa shape index (κ1) is 14.5. The van der Waals surface area contributed by atoms with Crippen molar-refractivity contribution in [2.45, 2.75) is 0 Å². The molecule has 22 heavy (non-hydrogen) atoms. The Bertz CT molecular complexity index is 806. The minimum absolute atomic E-state index is 0.0710. The molecule has 0 spiro atoms. The first-order valence-corrected chi connectivity index (χ1v) is 6.22. The fraction of sp³-hybridized carbons (Fsp3) is 0. The van der Waals surface area contributed by atoms with Gasteiger partial charge in [0.05, 0.1) is 16.8 Å². The van der Waals surface area contributed by atoms with Crippen LogP contribution in [0.25, 0.3) is 0 Å². The third-order valence-electron chi connectivity index (χ3n) is 3.17. The molecular formula is C14H4ClF4NO2. The van der Waals surface area contributed by atoms with Crippen LogP contribution in [0.15, 0.2) is 24.3 Å². The molecule has 3 nitrogen and oxygen atoms in total. The van der Waals surface area contributed by atoms with Crippen LogP contribution in [0, 0.1) is 23.3 Å². The van der Waals surface area contributed by atoms with Crippen molar-refractivity contribution < 1.29 is 27.2 Å². The summed E-state index contributed by atoms with van der Waals surface area (Å²) in [5, 5.41) is 0.160. The predicted molar refractivity (Wildman–Crippen MR) is 68.9 cm³/mol. The normalized spacial score (nSPS) is 13.8. The number of halogens is 5. The van der Waals surface area contributed by atoms with Crippen LogP contribution in [0.1, 0.15) is 20.7 Å². The first-order chi connectivity index (χ1) is 10.3. The van der Waals surface area contributed by atoms with E-state index in [0.717, 1.165) is 0 Å². The fourth-order valence-electron chi connectivity index (χ4n) is 2.20. The molecule has 0 saturated carbocycles. The van der Waals surface area contributed by atoms with Gasteiger partial charge in [0.1, 0.15) is 0 Å². The van der Waals surface area contributed by atoms with Gasteiger partial charge in [-0.05, 0) is 18.2 Å². The number of benzene rings is 2. The number of nitrogens with zero attached hydrogens (tertiary/aromatic N) is 1. The Labute approximate surface area is 125 Å². The molecule has 0 N–H and O–H groups in total. The Hall–Kier alpha value is -2.41. The number of carbonyl (C=O) groups excluding carboxylic acids is 2. The Morgan fingerprint density at radius 3 is 1.77 bits per heavy atom. The summed E-state index contributed by atoms with van der Waals surface area (Å²) in [4.78, 5) is 24.6. The smallest absolute Gasteiger partial charge is 0.268 e. The minimum atomic E-state index is -2.15. The highest BCUT2D eigenvalue weighted by atomic mass is 35.5. The Morgan fingerprint density at radius 1 is 0.818 bits per heavy atom. The topological polar surface area (TPSA) is 37.4 Å². The van der Waals surface area contributed by atoms with Crippen molar-refractivity contribution in [3.8, 4) is 0 Å². The van der Waals surface area contributed by atoms with Crippen molar-refractivity contribution in [1.82, 2.24) is 0 Å². The third kappa shape index (κ3) is 1.82. The number of rotatable bonds is 1. The SMILES string of the molecule is O=C1c2c(F)c(F)c(F)c(F)c2C(=O)N1c1cccc(Cl)c1. The molecule has 0 saturated heterocycles. The van der Waals surface area contributed by atoms with Crippen molar-refractivity contribution in [1.29, 1.82) is 0 Å². The average molecular weight is 330 g/mol. The lowest BCUT2D eigenvalue weighted by Gasteiger charge is -2.13. The number of hydrogen-bond acceptors (Lipinski definition) is 2. The molecular weight excluding hydrogens is 326 g/mol. The zero-order chi connectivity index (χ0) is 16.2. The quantitative estimate of drug-likeness (QED) is 0.346. The predicted octanol–water partition coefficient (Wildman–Crippen LogP) is 3.70. The maximum atomic E-state index is 13.7. The lowest BCUT2D eigenvalue weighted by molar-refractivity contribution is 0.0924. The van der Waals surface area contributed by atoms with Gasteiger partial charge in [-0.25, -0.2) is 22.5 Å². The van der Waals surface area contributed by atoms with Crippen molar-refractivity contribution in [3.63, 3.8) is 0 Å². The summed E-state index contributed by atoms with van der Waals surface area (Å²) in [7, 11) is 0. The maximum Gasteiger partial charge on any atom is 0.269 e. The Morgan fingerprint density at radius 2 is 1.32 bits per heavy atom. The van der Waals surface area contributed by atoms with E-state index >= 15 is 0 Å². The molecule has 0 fully saturated rings. The molecule has 0 radical (unpaired) electrons. The number of fused-ring (bicyclic) bond motifs is 1. The van der Waals surface area contributed by atoms with Gasteiger partial charge in [-0.3, -0.25) is 9.59 Å². The summed E-state index contributed by atoms with van der Waals surface area (Å²) in [6, 6.07) is 5.33. The maximum absolute atomic E-state index is 13.7. The van der Waals surface area contributed by atoms with E-state index in [1.807, 2.05) is 0 Å². The zero-order valence-electron chi connectivity index (χ0n) is 10.5. The van der Waals surface area contributed by atoms with Gasteiger partial charge in [-0.2, -0.15) is 0 Å². The van der Waals surface area contributed by atoms with Crippen molar-refractivity contribution in [2.24, 2.45) is 0 Å². The van der Waals surface area contributed by atoms with E-state index < -0.39 is 46.2 Å². The van der Waals surface area contributed by atoms with Crippen LogP contribution in [-0.2, 0) is 0 Å². The van der Waals surface area contributed by atoms with Crippen LogP contribution < -0.4 is 4.90 Å². The van der Waals surface area contributed by atoms with E-state index in [0.29, 0.717) is 4.90 Å². The summed E-state index contributed by atoms with van der Waals surface area (Å²) in [6.45, 7) is 0. The van der Waals surface area contributed by atoms with Crippen LogP contribution in [0.5, 0.6) is 0 Å². The molecule has 2 amide bonds. The van der Waals surface area contributed by atoms with Crippen LogP contribution >= 0.6 is 11.6 Å². The number of imide groups is 1. The van der Waals surface area contributed by atoms with E-state index in [9.17, 15) is 27.2 Å². The fourth-order valence-corrected chi connectivity index (χ4v) is 2.38. The highest BCUT2D eigenvalue weighted by Gasteiger charge is 2.44. The summed E-state index contributed by atoms with van der Waals surface area (Å²) in [5.41, 5.74) is -2.35. The minimum Gasteiger partial charge on any atom is -0.268 e. The van der Waals surface area contributed by atoms with Crippen molar-refractivity contribution in [2.75, 3.05) is 4.90 Å². The van der Waals surface area contributed by atoms with E-state index in [1.54, 1.807) is 0 Å². The molecule has 0 atom stereocenters. The number of carbonyl (C=O) groups is 2. The lowest BCUT2D eigenvalue weighted by atomic mass is 10.1. The second-order valence-electron chi connectivity index (χ2n) is 4.43. The summed E-state index contributed by atoms with van der Waals surface area (Å²) >= 11 is 5.73. The molecule has 0 aliphatic carbocycles. The van der Waals surface area contributed by atoms with Crippen LogP contribution in [0.2, 0.25) is 5.02 Å². The molecule has 112 valence electrons. The second-order valence-corrected chi connectivity index (χ2v) is 4.87. The molecule has 2 aromatic rings. The summed E-state index contributed by atoms with van der Waals surface area (Å²) < 4.78 is 54.0.